The van der Waals surface area contributed by atoms with E-state index >= 15 is 0 Å². The molecule has 0 aromatic heterocycles. The summed E-state index contributed by atoms with van der Waals surface area (Å²) >= 11 is 0. The predicted octanol–water partition coefficient (Wildman–Crippen LogP) is -0.441. The van der Waals surface area contributed by atoms with Crippen LogP contribution in [0, 0.1) is 10.8 Å². The summed E-state index contributed by atoms with van der Waals surface area (Å²) in [5.74, 6) is 0. The van der Waals surface area contributed by atoms with Crippen molar-refractivity contribution >= 4 is 12.4 Å². The van der Waals surface area contributed by atoms with Crippen molar-refractivity contribution in [3.63, 3.8) is 0 Å². The van der Waals surface area contributed by atoms with E-state index in [0.717, 1.165) is 12.4 Å². The van der Waals surface area contributed by atoms with Crippen molar-refractivity contribution in [2.75, 3.05) is 7.05 Å². The summed E-state index contributed by atoms with van der Waals surface area (Å²) in [6, 6.07) is 0. The summed E-state index contributed by atoms with van der Waals surface area (Å²) in [5, 5.41) is 16.6. The average molecular weight is 181 g/mol. The van der Waals surface area contributed by atoms with Gasteiger partial charge in [-0.1, -0.05) is 6.08 Å². The zero-order valence-corrected chi connectivity index (χ0v) is 7.54. The van der Waals surface area contributed by atoms with Crippen molar-refractivity contribution in [2.24, 2.45) is 11.5 Å². The molecule has 0 fully saturated rings. The van der Waals surface area contributed by atoms with Gasteiger partial charge in [-0.3, -0.25) is 0 Å². The maximum atomic E-state index is 6.93. The Kier molecular flexibility index (Phi) is 5.42. The van der Waals surface area contributed by atoms with Crippen molar-refractivity contribution in [3.8, 4) is 0 Å². The second-order valence-corrected chi connectivity index (χ2v) is 2.37. The highest BCUT2D eigenvalue weighted by Gasteiger charge is 1.94. The molecule has 5 heteroatoms. The molecular weight excluding hydrogens is 166 g/mol. The maximum absolute atomic E-state index is 6.93. The lowest BCUT2D eigenvalue weighted by Crippen LogP contribution is -2.32. The van der Waals surface area contributed by atoms with Gasteiger partial charge in [-0.15, -0.1) is 0 Å². The Morgan fingerprint density at radius 3 is 2.31 bits per heavy atom. The van der Waals surface area contributed by atoms with Crippen molar-refractivity contribution in [3.05, 3.63) is 23.4 Å². The highest BCUT2D eigenvalue weighted by molar-refractivity contribution is 6.02. The molecule has 0 aromatic carbocycles. The smallest absolute Gasteiger partial charge is 0.0740 e. The van der Waals surface area contributed by atoms with Gasteiger partial charge in [-0.05, 0) is 13.1 Å². The largest absolute Gasteiger partial charge is 0.398 e. The predicted molar refractivity (Wildman–Crippen MR) is 55.0 cm³/mol. The molecule has 0 bridgehead atoms. The first-order valence-electron chi connectivity index (χ1n) is 3.77. The van der Waals surface area contributed by atoms with E-state index in [9.17, 15) is 0 Å². The first-order chi connectivity index (χ1) is 6.15. The standard InChI is InChI=1S/C8H15N5/c1-13-8(12)3-2-7(11)6(4-9)5-10/h2-5,8-10,13H,11-12H2,1H3/b3-2-,7-6?,9-4?,10-5?. The minimum atomic E-state index is -0.267. The molecule has 0 aliphatic rings. The molecule has 0 saturated heterocycles. The van der Waals surface area contributed by atoms with E-state index in [1.165, 1.54) is 0 Å². The van der Waals surface area contributed by atoms with Crippen LogP contribution in [0.4, 0.5) is 0 Å². The number of hydrogen-bond donors (Lipinski definition) is 5. The van der Waals surface area contributed by atoms with Crippen molar-refractivity contribution in [2.45, 2.75) is 6.17 Å². The first kappa shape index (κ1) is 11.5. The maximum Gasteiger partial charge on any atom is 0.0740 e. The van der Waals surface area contributed by atoms with Gasteiger partial charge in [-0.2, -0.15) is 0 Å². The normalized spacial score (nSPS) is 12.5. The number of allylic oxidation sites excluding steroid dienone is 2. The first-order valence-corrected chi connectivity index (χ1v) is 3.77. The molecule has 72 valence electrons. The molecule has 0 heterocycles. The summed E-state index contributed by atoms with van der Waals surface area (Å²) in [6.45, 7) is 0. The Hall–Kier alpha value is -1.46. The lowest BCUT2D eigenvalue weighted by molar-refractivity contribution is 0.698. The Morgan fingerprint density at radius 1 is 1.38 bits per heavy atom. The monoisotopic (exact) mass is 181 g/mol. The molecule has 0 aliphatic heterocycles. The quantitative estimate of drug-likeness (QED) is 0.225. The van der Waals surface area contributed by atoms with Crippen LogP contribution in [0.3, 0.4) is 0 Å². The van der Waals surface area contributed by atoms with Crippen LogP contribution in [0.15, 0.2) is 23.4 Å². The molecule has 0 amide bonds. The Morgan fingerprint density at radius 2 is 1.92 bits per heavy atom. The van der Waals surface area contributed by atoms with Crippen LogP contribution in [-0.4, -0.2) is 25.6 Å². The van der Waals surface area contributed by atoms with Gasteiger partial charge < -0.3 is 27.6 Å². The minimum absolute atomic E-state index is 0.267. The lowest BCUT2D eigenvalue weighted by atomic mass is 10.2. The van der Waals surface area contributed by atoms with Crippen LogP contribution >= 0.6 is 0 Å². The number of likely N-dealkylation sites (N-methyl/N-ethyl adjacent to an activating group) is 1. The van der Waals surface area contributed by atoms with E-state index in [1.807, 2.05) is 0 Å². The Balaban J connectivity index is 4.50. The summed E-state index contributed by atoms with van der Waals surface area (Å²) in [4.78, 5) is 0. The topological polar surface area (TPSA) is 112 Å². The van der Waals surface area contributed by atoms with Gasteiger partial charge in [0.1, 0.15) is 0 Å². The van der Waals surface area contributed by atoms with Gasteiger partial charge >= 0.3 is 0 Å². The molecule has 7 N–H and O–H groups in total. The third-order valence-electron chi connectivity index (χ3n) is 1.46. The molecule has 0 radical (unpaired) electrons. The van der Waals surface area contributed by atoms with Crippen molar-refractivity contribution < 1.29 is 0 Å². The zero-order valence-electron chi connectivity index (χ0n) is 7.54. The molecule has 13 heavy (non-hydrogen) atoms. The van der Waals surface area contributed by atoms with E-state index in [2.05, 4.69) is 5.32 Å². The summed E-state index contributed by atoms with van der Waals surface area (Å²) < 4.78 is 0. The van der Waals surface area contributed by atoms with E-state index in [-0.39, 0.29) is 6.17 Å². The van der Waals surface area contributed by atoms with Crippen LogP contribution in [0.1, 0.15) is 0 Å². The van der Waals surface area contributed by atoms with Gasteiger partial charge in [0, 0.05) is 23.7 Å². The number of hydrogen-bond acceptors (Lipinski definition) is 5. The number of nitrogens with two attached hydrogens (primary N) is 2. The second kappa shape index (κ2) is 6.10. The number of nitrogens with one attached hydrogen (secondary N) is 3. The SMILES string of the molecule is CNC(N)/C=C\C(N)=C(C=N)C=N. The summed E-state index contributed by atoms with van der Waals surface area (Å²) in [5.41, 5.74) is 11.8. The van der Waals surface area contributed by atoms with Gasteiger partial charge in [0.15, 0.2) is 0 Å². The molecule has 0 aliphatic carbocycles. The molecular formula is C8H15N5. The minimum Gasteiger partial charge on any atom is -0.398 e. The Labute approximate surface area is 77.5 Å². The molecule has 0 rings (SSSR count). The fourth-order valence-corrected chi connectivity index (χ4v) is 0.608. The summed E-state index contributed by atoms with van der Waals surface area (Å²) in [6.07, 6.45) is 5.01. The van der Waals surface area contributed by atoms with E-state index < -0.39 is 0 Å². The lowest BCUT2D eigenvalue weighted by Gasteiger charge is -2.03. The van der Waals surface area contributed by atoms with Gasteiger partial charge in [0.25, 0.3) is 0 Å². The molecule has 1 unspecified atom stereocenters. The van der Waals surface area contributed by atoms with Crippen LogP contribution in [0.2, 0.25) is 0 Å². The number of rotatable bonds is 5. The second-order valence-electron chi connectivity index (χ2n) is 2.37. The van der Waals surface area contributed by atoms with Crippen molar-refractivity contribution in [1.82, 2.24) is 5.32 Å². The Bertz CT molecular complexity index is 231. The van der Waals surface area contributed by atoms with E-state index in [4.69, 9.17) is 22.3 Å². The highest BCUT2D eigenvalue weighted by Crippen LogP contribution is 1.94. The van der Waals surface area contributed by atoms with Gasteiger partial charge in [-0.25, -0.2) is 0 Å². The highest BCUT2D eigenvalue weighted by atomic mass is 15.0. The fraction of sp³-hybridized carbons (Fsp3) is 0.250. The van der Waals surface area contributed by atoms with Crippen LogP contribution < -0.4 is 16.8 Å². The van der Waals surface area contributed by atoms with Crippen LogP contribution in [0.25, 0.3) is 0 Å². The third kappa shape index (κ3) is 4.19. The zero-order chi connectivity index (χ0) is 10.3. The van der Waals surface area contributed by atoms with Crippen LogP contribution in [-0.2, 0) is 0 Å². The average Bonchev–Trinajstić information content (AvgIpc) is 2.16. The van der Waals surface area contributed by atoms with Gasteiger partial charge in [0.2, 0.25) is 0 Å². The third-order valence-corrected chi connectivity index (χ3v) is 1.46. The molecule has 0 saturated carbocycles. The summed E-state index contributed by atoms with van der Waals surface area (Å²) in [7, 11) is 1.73. The fourth-order valence-electron chi connectivity index (χ4n) is 0.608. The van der Waals surface area contributed by atoms with Crippen molar-refractivity contribution in [1.29, 1.82) is 10.8 Å². The van der Waals surface area contributed by atoms with E-state index in [1.54, 1.807) is 19.2 Å². The van der Waals surface area contributed by atoms with E-state index in [0.29, 0.717) is 11.3 Å². The molecule has 1 atom stereocenters. The molecule has 5 nitrogen and oxygen atoms in total. The molecule has 0 spiro atoms. The van der Waals surface area contributed by atoms with Gasteiger partial charge in [0.05, 0.1) is 6.17 Å². The molecule has 0 aromatic rings. The van der Waals surface area contributed by atoms with Crippen LogP contribution in [0.5, 0.6) is 0 Å².